The average molecular weight is 290 g/mol. The molecule has 0 aliphatic carbocycles. The number of tetrazole rings is 1. The zero-order chi connectivity index (χ0) is 14.1. The maximum Gasteiger partial charge on any atom is 0.193 e. The zero-order valence-corrected chi connectivity index (χ0v) is 12.2. The summed E-state index contributed by atoms with van der Waals surface area (Å²) in [5.74, 6) is 2.20. The van der Waals surface area contributed by atoms with Gasteiger partial charge < -0.3 is 9.47 Å². The molecule has 1 aromatic carbocycles. The Labute approximate surface area is 119 Å². The lowest BCUT2D eigenvalue weighted by molar-refractivity contribution is 0.247. The lowest BCUT2D eigenvalue weighted by Crippen LogP contribution is -2.05. The van der Waals surface area contributed by atoms with Gasteiger partial charge >= 0.3 is 0 Å². The average Bonchev–Trinajstić information content (AvgIpc) is 3.05. The minimum atomic E-state index is 0.0635. The van der Waals surface area contributed by atoms with Gasteiger partial charge in [0.15, 0.2) is 5.82 Å². The first kappa shape index (κ1) is 12.9. The highest BCUT2D eigenvalue weighted by Crippen LogP contribution is 2.44. The number of fused-ring (bicyclic) bond motifs is 1. The molecule has 0 spiro atoms. The first-order chi connectivity index (χ1) is 9.69. The van der Waals surface area contributed by atoms with Crippen molar-refractivity contribution in [1.29, 1.82) is 0 Å². The van der Waals surface area contributed by atoms with Crippen molar-refractivity contribution in [3.63, 3.8) is 0 Å². The molecule has 0 saturated carbocycles. The van der Waals surface area contributed by atoms with Gasteiger partial charge in [-0.1, -0.05) is 0 Å². The van der Waals surface area contributed by atoms with Gasteiger partial charge in [-0.15, -0.1) is 16.4 Å². The van der Waals surface area contributed by atoms with Gasteiger partial charge in [0, 0.05) is 10.1 Å². The number of H-pyrrole nitrogens is 1. The quantitative estimate of drug-likeness (QED) is 0.799. The van der Waals surface area contributed by atoms with Crippen LogP contribution in [0.5, 0.6) is 11.5 Å². The van der Waals surface area contributed by atoms with E-state index in [1.54, 1.807) is 18.4 Å². The van der Waals surface area contributed by atoms with E-state index in [1.807, 2.05) is 32.0 Å². The molecular formula is C13H14N4O2S. The second-order valence-corrected chi connectivity index (χ2v) is 5.59. The molecule has 20 heavy (non-hydrogen) atoms. The van der Waals surface area contributed by atoms with Crippen LogP contribution in [0.2, 0.25) is 0 Å². The van der Waals surface area contributed by atoms with Gasteiger partial charge in [-0.05, 0) is 42.5 Å². The molecule has 0 unspecified atom stereocenters. The predicted octanol–water partition coefficient (Wildman–Crippen LogP) is 2.88. The molecule has 1 N–H and O–H groups in total. The third kappa shape index (κ3) is 2.20. The van der Waals surface area contributed by atoms with Crippen LogP contribution in [-0.2, 0) is 0 Å². The van der Waals surface area contributed by atoms with Crippen molar-refractivity contribution < 1.29 is 9.47 Å². The highest BCUT2D eigenvalue weighted by Gasteiger charge is 2.19. The Bertz CT molecular complexity index is 721. The molecular weight excluding hydrogens is 276 g/mol. The number of methoxy groups -OCH3 is 1. The topological polar surface area (TPSA) is 72.9 Å². The first-order valence-electron chi connectivity index (χ1n) is 6.20. The maximum absolute atomic E-state index is 5.96. The molecule has 0 radical (unpaired) electrons. The Balaban J connectivity index is 2.23. The minimum Gasteiger partial charge on any atom is -0.497 e. The van der Waals surface area contributed by atoms with Gasteiger partial charge in [-0.3, -0.25) is 0 Å². The van der Waals surface area contributed by atoms with E-state index in [-0.39, 0.29) is 6.10 Å². The SMILES string of the molecule is COc1ccc2sc(-c3nnn[nH]3)c(OC(C)C)c2c1. The fourth-order valence-electron chi connectivity index (χ4n) is 1.95. The molecule has 2 heterocycles. The molecule has 6 nitrogen and oxygen atoms in total. The van der Waals surface area contributed by atoms with Crippen molar-refractivity contribution in [2.45, 2.75) is 20.0 Å². The van der Waals surface area contributed by atoms with E-state index in [0.717, 1.165) is 26.5 Å². The summed E-state index contributed by atoms with van der Waals surface area (Å²) < 4.78 is 12.3. The number of thiophene rings is 1. The van der Waals surface area contributed by atoms with Gasteiger partial charge in [0.25, 0.3) is 0 Å². The number of hydrogen-bond acceptors (Lipinski definition) is 6. The largest absolute Gasteiger partial charge is 0.497 e. The van der Waals surface area contributed by atoms with E-state index in [1.165, 1.54) is 0 Å². The van der Waals surface area contributed by atoms with E-state index in [2.05, 4.69) is 20.6 Å². The minimum absolute atomic E-state index is 0.0635. The molecule has 0 bridgehead atoms. The van der Waals surface area contributed by atoms with Crippen LogP contribution in [0.25, 0.3) is 20.8 Å². The van der Waals surface area contributed by atoms with Crippen molar-refractivity contribution in [2.24, 2.45) is 0 Å². The number of benzene rings is 1. The lowest BCUT2D eigenvalue weighted by atomic mass is 10.2. The molecule has 3 aromatic rings. The van der Waals surface area contributed by atoms with Crippen LogP contribution < -0.4 is 9.47 Å². The number of nitrogens with zero attached hydrogens (tertiary/aromatic N) is 3. The highest BCUT2D eigenvalue weighted by atomic mass is 32.1. The number of hydrogen-bond donors (Lipinski definition) is 1. The van der Waals surface area contributed by atoms with Gasteiger partial charge in [0.05, 0.1) is 13.2 Å². The molecule has 0 aliphatic heterocycles. The fraction of sp³-hybridized carbons (Fsp3) is 0.308. The third-order valence-electron chi connectivity index (χ3n) is 2.76. The number of nitrogens with one attached hydrogen (secondary N) is 1. The summed E-state index contributed by atoms with van der Waals surface area (Å²) >= 11 is 1.59. The summed E-state index contributed by atoms with van der Waals surface area (Å²) in [6.45, 7) is 3.98. The second kappa shape index (κ2) is 5.09. The van der Waals surface area contributed by atoms with E-state index in [9.17, 15) is 0 Å². The lowest BCUT2D eigenvalue weighted by Gasteiger charge is -2.10. The molecule has 7 heteroatoms. The van der Waals surface area contributed by atoms with Crippen molar-refractivity contribution in [3.8, 4) is 22.2 Å². The molecule has 104 valence electrons. The molecule has 0 aliphatic rings. The Kier molecular flexibility index (Phi) is 3.27. The molecule has 3 rings (SSSR count). The van der Waals surface area contributed by atoms with Gasteiger partial charge in [0.1, 0.15) is 16.4 Å². The Morgan fingerprint density at radius 1 is 1.30 bits per heavy atom. The number of ether oxygens (including phenoxy) is 2. The van der Waals surface area contributed by atoms with Gasteiger partial charge in [-0.25, -0.2) is 5.10 Å². The Hall–Kier alpha value is -2.15. The maximum atomic E-state index is 5.96. The molecule has 0 amide bonds. The Morgan fingerprint density at radius 3 is 2.80 bits per heavy atom. The van der Waals surface area contributed by atoms with Crippen LogP contribution in [-0.4, -0.2) is 33.8 Å². The predicted molar refractivity (Wildman–Crippen MR) is 77.3 cm³/mol. The van der Waals surface area contributed by atoms with Gasteiger partial charge in [0.2, 0.25) is 0 Å². The van der Waals surface area contributed by atoms with Crippen LogP contribution in [0.3, 0.4) is 0 Å². The Morgan fingerprint density at radius 2 is 2.15 bits per heavy atom. The van der Waals surface area contributed by atoms with Crippen molar-refractivity contribution in [1.82, 2.24) is 20.6 Å². The summed E-state index contributed by atoms with van der Waals surface area (Å²) in [5.41, 5.74) is 0. The van der Waals surface area contributed by atoms with E-state index >= 15 is 0 Å². The van der Waals surface area contributed by atoms with Crippen LogP contribution in [0.1, 0.15) is 13.8 Å². The molecule has 0 fully saturated rings. The summed E-state index contributed by atoms with van der Waals surface area (Å²) in [4.78, 5) is 0.895. The third-order valence-corrected chi connectivity index (χ3v) is 3.92. The van der Waals surface area contributed by atoms with Crippen molar-refractivity contribution >= 4 is 21.4 Å². The van der Waals surface area contributed by atoms with Crippen molar-refractivity contribution in [3.05, 3.63) is 18.2 Å². The van der Waals surface area contributed by atoms with E-state index in [4.69, 9.17) is 9.47 Å². The normalized spacial score (nSPS) is 11.2. The van der Waals surface area contributed by atoms with Crippen LogP contribution in [0.15, 0.2) is 18.2 Å². The fourth-order valence-corrected chi connectivity index (χ4v) is 3.00. The number of rotatable bonds is 4. The molecule has 2 aromatic heterocycles. The number of aromatic amines is 1. The van der Waals surface area contributed by atoms with Crippen LogP contribution in [0.4, 0.5) is 0 Å². The van der Waals surface area contributed by atoms with Crippen LogP contribution >= 0.6 is 11.3 Å². The summed E-state index contributed by atoms with van der Waals surface area (Å²) in [6.07, 6.45) is 0.0635. The van der Waals surface area contributed by atoms with E-state index in [0.29, 0.717) is 5.82 Å². The highest BCUT2D eigenvalue weighted by molar-refractivity contribution is 7.22. The van der Waals surface area contributed by atoms with Crippen molar-refractivity contribution in [2.75, 3.05) is 7.11 Å². The summed E-state index contributed by atoms with van der Waals surface area (Å²) in [6, 6.07) is 5.91. The number of aromatic nitrogens is 4. The standard InChI is InChI=1S/C13H14N4O2S/c1-7(2)19-11-9-6-8(18-3)4-5-10(9)20-12(11)13-14-16-17-15-13/h4-7H,1-3H3,(H,14,15,16,17). The zero-order valence-electron chi connectivity index (χ0n) is 11.4. The van der Waals surface area contributed by atoms with Crippen LogP contribution in [0, 0.1) is 0 Å². The van der Waals surface area contributed by atoms with E-state index < -0.39 is 0 Å². The molecule has 0 atom stereocenters. The van der Waals surface area contributed by atoms with Gasteiger partial charge in [-0.2, -0.15) is 0 Å². The molecule has 0 saturated heterocycles. The summed E-state index contributed by atoms with van der Waals surface area (Å²) in [5, 5.41) is 15.0. The first-order valence-corrected chi connectivity index (χ1v) is 7.02. The monoisotopic (exact) mass is 290 g/mol. The summed E-state index contributed by atoms with van der Waals surface area (Å²) in [7, 11) is 1.65. The second-order valence-electron chi connectivity index (χ2n) is 4.54. The smallest absolute Gasteiger partial charge is 0.193 e.